The number of carboxylic acids is 3. The molecule has 0 radical (unpaired) electrons. The molecule has 38 heavy (non-hydrogen) atoms. The van der Waals surface area contributed by atoms with Gasteiger partial charge in [0.05, 0.1) is 12.2 Å². The van der Waals surface area contributed by atoms with Crippen molar-refractivity contribution < 1.29 is 34.2 Å². The second-order valence-corrected chi connectivity index (χ2v) is 10.8. The van der Waals surface area contributed by atoms with Crippen LogP contribution in [0.2, 0.25) is 0 Å². The molecule has 3 unspecified atom stereocenters. The maximum absolute atomic E-state index is 12.2. The normalized spacial score (nSPS) is 15.7. The fourth-order valence-corrected chi connectivity index (χ4v) is 5.88. The van der Waals surface area contributed by atoms with Crippen molar-refractivity contribution in [2.45, 2.75) is 168 Å². The first-order chi connectivity index (χ1) is 18.2. The fraction of sp³-hybridized carbons (Fsp3) is 0.839. The van der Waals surface area contributed by atoms with Crippen LogP contribution in [0.1, 0.15) is 150 Å². The van der Waals surface area contributed by atoms with Gasteiger partial charge in [0.25, 0.3) is 0 Å². The van der Waals surface area contributed by atoms with Crippen LogP contribution in [0.25, 0.3) is 0 Å². The van der Waals surface area contributed by atoms with E-state index in [1.807, 2.05) is 0 Å². The smallest absolute Gasteiger partial charge is 0.362 e. The van der Waals surface area contributed by atoms with Crippen molar-refractivity contribution in [3.63, 3.8) is 0 Å². The van der Waals surface area contributed by atoms with Crippen LogP contribution in [0, 0.1) is 0 Å². The van der Waals surface area contributed by atoms with Crippen LogP contribution in [0.15, 0.2) is 12.3 Å². The molecular weight excluding hydrogens is 482 g/mol. The summed E-state index contributed by atoms with van der Waals surface area (Å²) in [6.45, 7) is 7.21. The molecule has 0 rings (SSSR count). The molecule has 222 valence electrons. The molecule has 7 nitrogen and oxygen atoms in total. The SMILES string of the molecule is CCCCCCCCCCCCCCCCC/C=C/[N+](C(CC)C(=O)[O-])(C(CC)C(=O)O)C(CC)C(=O)O. The topological polar surface area (TPSA) is 115 Å². The third-order valence-corrected chi connectivity index (χ3v) is 7.96. The van der Waals surface area contributed by atoms with Gasteiger partial charge in [-0.25, -0.2) is 9.59 Å². The van der Waals surface area contributed by atoms with Gasteiger partial charge in [0.2, 0.25) is 0 Å². The van der Waals surface area contributed by atoms with Gasteiger partial charge in [-0.15, -0.1) is 0 Å². The first kappa shape index (κ1) is 36.1. The largest absolute Gasteiger partial charge is 0.544 e. The Morgan fingerprint density at radius 2 is 0.947 bits per heavy atom. The number of carboxylic acid groups (broad SMARTS) is 3. The van der Waals surface area contributed by atoms with Crippen molar-refractivity contribution in [1.82, 2.24) is 0 Å². The number of quaternary nitrogens is 1. The average Bonchev–Trinajstić information content (AvgIpc) is 2.86. The molecule has 0 spiro atoms. The predicted octanol–water partition coefficient (Wildman–Crippen LogP) is 6.83. The van der Waals surface area contributed by atoms with Crippen molar-refractivity contribution in [1.29, 1.82) is 0 Å². The van der Waals surface area contributed by atoms with Crippen LogP contribution < -0.4 is 5.11 Å². The average molecular weight is 540 g/mol. The Hall–Kier alpha value is -1.89. The van der Waals surface area contributed by atoms with Gasteiger partial charge in [0.1, 0.15) is 6.04 Å². The minimum atomic E-state index is -1.41. The summed E-state index contributed by atoms with van der Waals surface area (Å²) in [6.07, 6.45) is 23.4. The number of aliphatic carboxylic acids is 3. The number of nitrogens with zero attached hydrogens (tertiary/aromatic N) is 1. The number of hydrogen-bond donors (Lipinski definition) is 2. The number of rotatable bonds is 26. The lowest BCUT2D eigenvalue weighted by atomic mass is 9.95. The molecule has 0 aromatic rings. The molecule has 7 heteroatoms. The zero-order chi connectivity index (χ0) is 28.8. The van der Waals surface area contributed by atoms with Crippen LogP contribution >= 0.6 is 0 Å². The number of unbranched alkanes of at least 4 members (excludes halogenated alkanes) is 15. The van der Waals surface area contributed by atoms with Crippen LogP contribution in [-0.2, 0) is 14.4 Å². The Kier molecular flexibility index (Phi) is 20.9. The van der Waals surface area contributed by atoms with Crippen LogP contribution in [0.4, 0.5) is 0 Å². The van der Waals surface area contributed by atoms with E-state index in [-0.39, 0.29) is 19.3 Å². The van der Waals surface area contributed by atoms with Crippen molar-refractivity contribution >= 4 is 17.9 Å². The molecule has 0 fully saturated rings. The van der Waals surface area contributed by atoms with Gasteiger partial charge < -0.3 is 20.1 Å². The van der Waals surface area contributed by atoms with Crippen LogP contribution in [0.3, 0.4) is 0 Å². The third-order valence-electron chi connectivity index (χ3n) is 7.96. The van der Waals surface area contributed by atoms with Gasteiger partial charge in [-0.3, -0.25) is 4.48 Å². The molecule has 0 aromatic heterocycles. The second-order valence-electron chi connectivity index (χ2n) is 10.8. The first-order valence-electron chi connectivity index (χ1n) is 15.5. The Morgan fingerprint density at radius 3 is 1.24 bits per heavy atom. The van der Waals surface area contributed by atoms with Gasteiger partial charge in [-0.1, -0.05) is 118 Å². The molecule has 0 aliphatic heterocycles. The molecule has 3 atom stereocenters. The Bertz CT molecular complexity index is 622. The quantitative estimate of drug-likeness (QED) is 0.0919. The van der Waals surface area contributed by atoms with Gasteiger partial charge >= 0.3 is 11.9 Å². The number of hydrogen-bond acceptors (Lipinski definition) is 4. The molecule has 0 amide bonds. The van der Waals surface area contributed by atoms with E-state index in [0.29, 0.717) is 6.42 Å². The Balaban J connectivity index is 4.76. The predicted molar refractivity (Wildman–Crippen MR) is 151 cm³/mol. The Morgan fingerprint density at radius 1 is 0.605 bits per heavy atom. The summed E-state index contributed by atoms with van der Waals surface area (Å²) in [5, 5.41) is 32.0. The zero-order valence-corrected chi connectivity index (χ0v) is 24.8. The monoisotopic (exact) mass is 539 g/mol. The van der Waals surface area contributed by atoms with E-state index in [1.54, 1.807) is 33.0 Å². The number of carbonyl (C=O) groups excluding carboxylic acids is 1. The van der Waals surface area contributed by atoms with E-state index in [4.69, 9.17) is 0 Å². The summed E-state index contributed by atoms with van der Waals surface area (Å²) in [5.74, 6) is -3.80. The fourth-order valence-electron chi connectivity index (χ4n) is 5.88. The highest BCUT2D eigenvalue weighted by molar-refractivity contribution is 5.77. The van der Waals surface area contributed by atoms with E-state index in [1.165, 1.54) is 77.0 Å². The summed E-state index contributed by atoms with van der Waals surface area (Å²) in [5.41, 5.74) is 0. The van der Waals surface area contributed by atoms with Gasteiger partial charge in [0, 0.05) is 19.3 Å². The second kappa shape index (κ2) is 22.0. The summed E-state index contributed by atoms with van der Waals surface area (Å²) >= 11 is 0. The Labute approximate surface area is 232 Å². The van der Waals surface area contributed by atoms with Gasteiger partial charge in [-0.2, -0.15) is 0 Å². The number of carbonyl (C=O) groups is 3. The number of allylic oxidation sites excluding steroid dienone is 1. The summed E-state index contributed by atoms with van der Waals surface area (Å²) in [7, 11) is 0. The van der Waals surface area contributed by atoms with Crippen LogP contribution in [-0.4, -0.2) is 50.7 Å². The first-order valence-corrected chi connectivity index (χ1v) is 15.5. The maximum atomic E-state index is 12.2. The van der Waals surface area contributed by atoms with E-state index < -0.39 is 40.5 Å². The maximum Gasteiger partial charge on any atom is 0.362 e. The van der Waals surface area contributed by atoms with E-state index in [0.717, 1.165) is 19.3 Å². The zero-order valence-electron chi connectivity index (χ0n) is 24.8. The summed E-state index contributed by atoms with van der Waals surface area (Å²) in [6, 6.07) is -3.62. The highest BCUT2D eigenvalue weighted by atomic mass is 16.4. The minimum absolute atomic E-state index is 0.0825. The molecular formula is C31H57NO6. The minimum Gasteiger partial charge on any atom is -0.544 e. The highest BCUT2D eigenvalue weighted by Gasteiger charge is 2.53. The molecule has 0 saturated carbocycles. The van der Waals surface area contributed by atoms with E-state index in [9.17, 15) is 29.7 Å². The highest BCUT2D eigenvalue weighted by Crippen LogP contribution is 2.32. The third kappa shape index (κ3) is 12.8. The van der Waals surface area contributed by atoms with Gasteiger partial charge in [0.15, 0.2) is 12.1 Å². The molecule has 0 heterocycles. The van der Waals surface area contributed by atoms with Crippen molar-refractivity contribution in [2.24, 2.45) is 0 Å². The van der Waals surface area contributed by atoms with E-state index in [2.05, 4.69) is 6.92 Å². The lowest BCUT2D eigenvalue weighted by molar-refractivity contribution is -0.929. The summed E-state index contributed by atoms with van der Waals surface area (Å²) < 4.78 is -0.644. The van der Waals surface area contributed by atoms with Crippen molar-refractivity contribution in [3.05, 3.63) is 12.3 Å². The standard InChI is InChI=1S/C31H57NO6/c1-5-9-10-11-12-13-14-15-16-17-18-19-20-21-22-23-24-25-32(26(6-2)29(33)34,27(7-3)30(35)36)28(8-4)31(37)38/h24-28H,5-23H2,1-4H3,(H2-,33,34,35,36,37,38)/b25-24+. The van der Waals surface area contributed by atoms with E-state index >= 15 is 0 Å². The summed E-state index contributed by atoms with van der Waals surface area (Å²) in [4.78, 5) is 36.5. The lowest BCUT2D eigenvalue weighted by Gasteiger charge is -2.48. The molecule has 0 bridgehead atoms. The molecule has 0 saturated heterocycles. The lowest BCUT2D eigenvalue weighted by Crippen LogP contribution is -2.70. The molecule has 0 aliphatic carbocycles. The molecule has 0 aromatic carbocycles. The molecule has 0 aliphatic rings. The van der Waals surface area contributed by atoms with Crippen molar-refractivity contribution in [2.75, 3.05) is 0 Å². The van der Waals surface area contributed by atoms with Gasteiger partial charge in [-0.05, 0) is 18.9 Å². The van der Waals surface area contributed by atoms with Crippen LogP contribution in [0.5, 0.6) is 0 Å². The van der Waals surface area contributed by atoms with Crippen molar-refractivity contribution in [3.8, 4) is 0 Å². The molecule has 2 N–H and O–H groups in total.